The molecule has 1 heterocycles. The van der Waals surface area contributed by atoms with Crippen LogP contribution in [0.15, 0.2) is 24.3 Å². The molecule has 0 atom stereocenters. The molecule has 138 valence electrons. The summed E-state index contributed by atoms with van der Waals surface area (Å²) in [6, 6.07) is 7.83. The normalized spacial score (nSPS) is 15.1. The highest BCUT2D eigenvalue weighted by molar-refractivity contribution is 5.94. The zero-order chi connectivity index (χ0) is 18.4. The van der Waals surface area contributed by atoms with Gasteiger partial charge in [-0.2, -0.15) is 0 Å². The maximum absolute atomic E-state index is 12.6. The van der Waals surface area contributed by atoms with E-state index in [1.807, 2.05) is 29.2 Å². The molecule has 0 saturated carbocycles. The molecule has 1 fully saturated rings. The van der Waals surface area contributed by atoms with Crippen LogP contribution >= 0.6 is 0 Å². The van der Waals surface area contributed by atoms with Crippen LogP contribution in [0.2, 0.25) is 0 Å². The second-order valence-electron chi connectivity index (χ2n) is 7.36. The minimum absolute atomic E-state index is 0.00837. The molecule has 0 spiro atoms. The Kier molecular flexibility index (Phi) is 7.00. The molecular weight excluding hydrogens is 316 g/mol. The quantitative estimate of drug-likeness (QED) is 0.796. The van der Waals surface area contributed by atoms with Crippen LogP contribution in [0.25, 0.3) is 0 Å². The van der Waals surface area contributed by atoms with E-state index in [1.54, 1.807) is 4.90 Å². The van der Waals surface area contributed by atoms with E-state index in [2.05, 4.69) is 27.7 Å². The van der Waals surface area contributed by atoms with Gasteiger partial charge in [-0.3, -0.25) is 9.59 Å². The highest BCUT2D eigenvalue weighted by Gasteiger charge is 2.24. The average molecular weight is 346 g/mol. The minimum Gasteiger partial charge on any atom is -0.371 e. The summed E-state index contributed by atoms with van der Waals surface area (Å²) in [5, 5.41) is 0. The Bertz CT molecular complexity index is 573. The van der Waals surface area contributed by atoms with E-state index in [-0.39, 0.29) is 18.4 Å². The SMILES string of the molecule is CC(C)COCC(=O)N1CCN(C(=O)c2ccc(C(C)C)cc2)CC1. The van der Waals surface area contributed by atoms with Crippen LogP contribution in [0.4, 0.5) is 0 Å². The highest BCUT2D eigenvalue weighted by atomic mass is 16.5. The first kappa shape index (κ1) is 19.4. The molecule has 1 aromatic carbocycles. The third kappa shape index (κ3) is 5.56. The van der Waals surface area contributed by atoms with Crippen molar-refractivity contribution in [2.75, 3.05) is 39.4 Å². The van der Waals surface area contributed by atoms with Crippen LogP contribution in [0.3, 0.4) is 0 Å². The van der Waals surface area contributed by atoms with E-state index in [0.717, 1.165) is 0 Å². The minimum atomic E-state index is 0.00837. The lowest BCUT2D eigenvalue weighted by molar-refractivity contribution is -0.137. The fourth-order valence-corrected chi connectivity index (χ4v) is 2.83. The van der Waals surface area contributed by atoms with E-state index in [4.69, 9.17) is 4.74 Å². The molecule has 0 radical (unpaired) electrons. The van der Waals surface area contributed by atoms with Gasteiger partial charge in [-0.05, 0) is 29.5 Å². The van der Waals surface area contributed by atoms with Gasteiger partial charge >= 0.3 is 0 Å². The summed E-state index contributed by atoms with van der Waals surface area (Å²) in [6.07, 6.45) is 0. The van der Waals surface area contributed by atoms with Crippen molar-refractivity contribution in [2.45, 2.75) is 33.6 Å². The highest BCUT2D eigenvalue weighted by Crippen LogP contribution is 2.16. The van der Waals surface area contributed by atoms with Crippen LogP contribution in [0.1, 0.15) is 49.5 Å². The zero-order valence-electron chi connectivity index (χ0n) is 15.8. The molecule has 0 N–H and O–H groups in total. The number of amides is 2. The number of nitrogens with zero attached hydrogens (tertiary/aromatic N) is 2. The lowest BCUT2D eigenvalue weighted by Crippen LogP contribution is -2.51. The Morgan fingerprint density at radius 2 is 1.52 bits per heavy atom. The molecule has 0 aliphatic carbocycles. The van der Waals surface area contributed by atoms with Crippen LogP contribution in [0, 0.1) is 5.92 Å². The van der Waals surface area contributed by atoms with Gasteiger partial charge < -0.3 is 14.5 Å². The summed E-state index contributed by atoms with van der Waals surface area (Å²) in [7, 11) is 0. The van der Waals surface area contributed by atoms with Crippen molar-refractivity contribution in [3.05, 3.63) is 35.4 Å². The lowest BCUT2D eigenvalue weighted by Gasteiger charge is -2.34. The first-order chi connectivity index (χ1) is 11.9. The predicted octanol–water partition coefficient (Wildman–Crippen LogP) is 2.77. The van der Waals surface area contributed by atoms with E-state index in [0.29, 0.717) is 50.2 Å². The van der Waals surface area contributed by atoms with Gasteiger partial charge in [0.15, 0.2) is 0 Å². The number of rotatable bonds is 6. The van der Waals surface area contributed by atoms with Crippen LogP contribution < -0.4 is 0 Å². The van der Waals surface area contributed by atoms with Crippen molar-refractivity contribution in [3.63, 3.8) is 0 Å². The van der Waals surface area contributed by atoms with Gasteiger partial charge in [0.1, 0.15) is 6.61 Å². The number of hydrogen-bond donors (Lipinski definition) is 0. The molecular formula is C20H30N2O3. The monoisotopic (exact) mass is 346 g/mol. The number of ether oxygens (including phenoxy) is 1. The predicted molar refractivity (Wildman–Crippen MR) is 98.7 cm³/mol. The number of piperazine rings is 1. The van der Waals surface area contributed by atoms with Crippen LogP contribution in [-0.4, -0.2) is 61.0 Å². The summed E-state index contributed by atoms with van der Waals surface area (Å²) in [5.41, 5.74) is 1.94. The Balaban J connectivity index is 1.82. The van der Waals surface area contributed by atoms with E-state index >= 15 is 0 Å². The van der Waals surface area contributed by atoms with E-state index in [1.165, 1.54) is 5.56 Å². The topological polar surface area (TPSA) is 49.9 Å². The fraction of sp³-hybridized carbons (Fsp3) is 0.600. The van der Waals surface area contributed by atoms with Crippen LogP contribution in [0.5, 0.6) is 0 Å². The smallest absolute Gasteiger partial charge is 0.253 e. The molecule has 0 unspecified atom stereocenters. The van der Waals surface area contributed by atoms with Crippen molar-refractivity contribution >= 4 is 11.8 Å². The van der Waals surface area contributed by atoms with Gasteiger partial charge in [-0.25, -0.2) is 0 Å². The standard InChI is InChI=1S/C20H30N2O3/c1-15(2)13-25-14-19(23)21-9-11-22(12-10-21)20(24)18-7-5-17(6-8-18)16(3)4/h5-8,15-16H,9-14H2,1-4H3. The Morgan fingerprint density at radius 1 is 0.960 bits per heavy atom. The lowest BCUT2D eigenvalue weighted by atomic mass is 10.0. The van der Waals surface area contributed by atoms with Crippen molar-refractivity contribution in [2.24, 2.45) is 5.92 Å². The van der Waals surface area contributed by atoms with Crippen LogP contribution in [-0.2, 0) is 9.53 Å². The molecule has 2 rings (SSSR count). The van der Waals surface area contributed by atoms with E-state index < -0.39 is 0 Å². The van der Waals surface area contributed by atoms with Crippen molar-refractivity contribution in [1.82, 2.24) is 9.80 Å². The average Bonchev–Trinajstić information content (AvgIpc) is 2.61. The number of benzene rings is 1. The molecule has 25 heavy (non-hydrogen) atoms. The van der Waals surface area contributed by atoms with Crippen molar-refractivity contribution in [1.29, 1.82) is 0 Å². The first-order valence-corrected chi connectivity index (χ1v) is 9.13. The molecule has 5 heteroatoms. The maximum Gasteiger partial charge on any atom is 0.253 e. The second kappa shape index (κ2) is 8.99. The summed E-state index contributed by atoms with van der Waals surface area (Å²) < 4.78 is 5.41. The van der Waals surface area contributed by atoms with Crippen molar-refractivity contribution in [3.8, 4) is 0 Å². The third-order valence-electron chi connectivity index (χ3n) is 4.42. The van der Waals surface area contributed by atoms with E-state index in [9.17, 15) is 9.59 Å². The fourth-order valence-electron chi connectivity index (χ4n) is 2.83. The van der Waals surface area contributed by atoms with Gasteiger partial charge in [0.25, 0.3) is 5.91 Å². The summed E-state index contributed by atoms with van der Waals surface area (Å²) in [4.78, 5) is 28.3. The number of hydrogen-bond acceptors (Lipinski definition) is 3. The molecule has 1 saturated heterocycles. The van der Waals surface area contributed by atoms with Gasteiger partial charge in [0.05, 0.1) is 0 Å². The third-order valence-corrected chi connectivity index (χ3v) is 4.42. The largest absolute Gasteiger partial charge is 0.371 e. The second-order valence-corrected chi connectivity index (χ2v) is 7.36. The Labute approximate surface area is 150 Å². The van der Waals surface area contributed by atoms with Gasteiger partial charge in [0, 0.05) is 38.3 Å². The first-order valence-electron chi connectivity index (χ1n) is 9.13. The molecule has 2 amide bonds. The number of carbonyl (C=O) groups is 2. The molecule has 1 aliphatic rings. The van der Waals surface area contributed by atoms with Gasteiger partial charge in [-0.1, -0.05) is 39.8 Å². The summed E-state index contributed by atoms with van der Waals surface area (Å²) in [6.45, 7) is 11.4. The molecule has 5 nitrogen and oxygen atoms in total. The molecule has 0 aromatic heterocycles. The molecule has 0 bridgehead atoms. The number of carbonyl (C=O) groups excluding carboxylic acids is 2. The summed E-state index contributed by atoms with van der Waals surface area (Å²) in [5.74, 6) is 0.925. The Morgan fingerprint density at radius 3 is 2.04 bits per heavy atom. The Hall–Kier alpha value is -1.88. The summed E-state index contributed by atoms with van der Waals surface area (Å²) >= 11 is 0. The van der Waals surface area contributed by atoms with Gasteiger partial charge in [-0.15, -0.1) is 0 Å². The zero-order valence-corrected chi connectivity index (χ0v) is 15.8. The van der Waals surface area contributed by atoms with Gasteiger partial charge in [0.2, 0.25) is 5.91 Å². The molecule has 1 aliphatic heterocycles. The van der Waals surface area contributed by atoms with Crippen molar-refractivity contribution < 1.29 is 14.3 Å². The maximum atomic E-state index is 12.6. The molecule has 1 aromatic rings.